The molecule has 0 unspecified atom stereocenters. The highest BCUT2D eigenvalue weighted by molar-refractivity contribution is 5.86. The molecular formula is C50H90ClNO4. The number of carboxylic acids is 1. The van der Waals surface area contributed by atoms with Crippen LogP contribution in [-0.4, -0.2) is 55.3 Å². The lowest BCUT2D eigenvalue weighted by Gasteiger charge is -2.28. The van der Waals surface area contributed by atoms with E-state index in [1.807, 2.05) is 42.5 Å². The second-order valence-electron chi connectivity index (χ2n) is 15.7. The van der Waals surface area contributed by atoms with Crippen molar-refractivity contribution in [1.29, 1.82) is 0 Å². The van der Waals surface area contributed by atoms with E-state index in [1.165, 1.54) is 173 Å². The first-order valence-electron chi connectivity index (χ1n) is 22.3. The maximum Gasteiger partial charge on any atom is 0.333 e. The molecule has 326 valence electrons. The topological polar surface area (TPSA) is 63.6 Å². The molecule has 0 saturated carbocycles. The summed E-state index contributed by atoms with van der Waals surface area (Å²) in [6, 6.07) is 10.0. The molecule has 56 heavy (non-hydrogen) atoms. The van der Waals surface area contributed by atoms with Gasteiger partial charge in [-0.1, -0.05) is 224 Å². The van der Waals surface area contributed by atoms with E-state index in [9.17, 15) is 9.59 Å². The van der Waals surface area contributed by atoms with Crippen molar-refractivity contribution in [2.24, 2.45) is 0 Å². The lowest BCUT2D eigenvalue weighted by Crippen LogP contribution is -3.00. The van der Waals surface area contributed by atoms with Crippen molar-refractivity contribution in [2.75, 3.05) is 33.8 Å². The number of ether oxygens (including phenoxy) is 1. The van der Waals surface area contributed by atoms with Crippen LogP contribution < -0.4 is 12.4 Å². The van der Waals surface area contributed by atoms with Crippen LogP contribution in [0.3, 0.4) is 0 Å². The fraction of sp³-hybridized carbons (Fsp3) is 0.680. The van der Waals surface area contributed by atoms with Crippen LogP contribution in [0.4, 0.5) is 0 Å². The highest BCUT2D eigenvalue weighted by atomic mass is 35.5. The Bertz CT molecular complexity index is 1020. The van der Waals surface area contributed by atoms with Crippen molar-refractivity contribution in [3.05, 3.63) is 79.9 Å². The number of quaternary nitrogens is 1. The summed E-state index contributed by atoms with van der Waals surface area (Å²) in [5.74, 6) is -1.24. The van der Waals surface area contributed by atoms with Crippen molar-refractivity contribution in [3.63, 3.8) is 0 Å². The summed E-state index contributed by atoms with van der Waals surface area (Å²) in [6.45, 7) is 23.2. The Morgan fingerprint density at radius 1 is 0.625 bits per heavy atom. The molecule has 1 aromatic carbocycles. The molecule has 1 N–H and O–H groups in total. The van der Waals surface area contributed by atoms with Gasteiger partial charge in [0.15, 0.2) is 0 Å². The SMILES string of the molecule is C=C(C)C(=O)OCCCCCCCCCCCC.C=CC(=O)O.C=CC[N+](C)(C)CCCCCCCCCCCCCCCCCC.C=Cc1ccccc1.[Cl-]. The van der Waals surface area contributed by atoms with Gasteiger partial charge in [0.25, 0.3) is 0 Å². The summed E-state index contributed by atoms with van der Waals surface area (Å²) in [4.78, 5) is 20.3. The summed E-state index contributed by atoms with van der Waals surface area (Å²) in [6.07, 6.45) is 40.9. The zero-order chi connectivity index (χ0) is 41.7. The van der Waals surface area contributed by atoms with E-state index in [4.69, 9.17) is 9.84 Å². The maximum atomic E-state index is 11.1. The van der Waals surface area contributed by atoms with E-state index in [1.54, 1.807) is 6.92 Å². The molecule has 0 aliphatic carbocycles. The Morgan fingerprint density at radius 3 is 1.25 bits per heavy atom. The quantitative estimate of drug-likeness (QED) is 0.0253. The molecule has 0 atom stereocenters. The fourth-order valence-corrected chi connectivity index (χ4v) is 6.00. The smallest absolute Gasteiger partial charge is 0.333 e. The Hall–Kier alpha value is -2.63. The van der Waals surface area contributed by atoms with E-state index < -0.39 is 5.97 Å². The molecule has 0 spiro atoms. The number of hydrogen-bond acceptors (Lipinski definition) is 3. The van der Waals surface area contributed by atoms with Gasteiger partial charge in [0, 0.05) is 11.6 Å². The molecule has 0 bridgehead atoms. The number of aliphatic carboxylic acids is 1. The number of benzene rings is 1. The van der Waals surface area contributed by atoms with Crippen LogP contribution in [0.1, 0.15) is 193 Å². The van der Waals surface area contributed by atoms with Gasteiger partial charge in [-0.25, -0.2) is 9.59 Å². The predicted molar refractivity (Wildman–Crippen MR) is 244 cm³/mol. The van der Waals surface area contributed by atoms with E-state index in [2.05, 4.69) is 54.3 Å². The second-order valence-corrected chi connectivity index (χ2v) is 15.7. The highest BCUT2D eigenvalue weighted by Crippen LogP contribution is 2.14. The van der Waals surface area contributed by atoms with Crippen LogP contribution in [0.2, 0.25) is 0 Å². The molecule has 0 aliphatic heterocycles. The number of carbonyl (C=O) groups is 2. The first kappa shape index (κ1) is 60.1. The minimum atomic E-state index is -0.981. The molecule has 0 radical (unpaired) electrons. The number of halogens is 1. The standard InChI is InChI=1S/C23H48N.C16H30O2.C8H8.C3H4O2.ClH/c1-5-7-8-9-10-11-12-13-14-15-16-17-18-19-20-21-23-24(3,4)22-6-2;1-4-5-6-7-8-9-10-11-12-13-14-18-16(17)15(2)3;1-2-8-6-4-3-5-7-8;1-2-3(4)5;/h6H,2,5,7-23H2,1,3-4H3;2,4-14H2,1,3H3;2-7H,1H2;2H,1H2,(H,4,5);1H/q+1;;;;/p-1. The summed E-state index contributed by atoms with van der Waals surface area (Å²) in [5, 5.41) is 7.60. The number of unbranched alkanes of at least 4 members (excludes halogenated alkanes) is 24. The van der Waals surface area contributed by atoms with Crippen molar-refractivity contribution in [2.45, 2.75) is 188 Å². The number of rotatable bonds is 33. The lowest BCUT2D eigenvalue weighted by molar-refractivity contribution is -0.884. The first-order valence-corrected chi connectivity index (χ1v) is 22.3. The number of hydrogen-bond donors (Lipinski definition) is 1. The van der Waals surface area contributed by atoms with Gasteiger partial charge in [0.1, 0.15) is 0 Å². The molecular weight excluding hydrogens is 714 g/mol. The van der Waals surface area contributed by atoms with Gasteiger partial charge in [0.05, 0.1) is 33.8 Å². The molecule has 0 aromatic heterocycles. The zero-order valence-electron chi connectivity index (χ0n) is 37.5. The molecule has 1 aromatic rings. The number of carboxylic acid groups (broad SMARTS) is 1. The highest BCUT2D eigenvalue weighted by Gasteiger charge is 2.11. The molecule has 0 fully saturated rings. The Balaban J connectivity index is -0.000000367. The molecule has 0 saturated heterocycles. The number of esters is 1. The maximum absolute atomic E-state index is 11.1. The average molecular weight is 805 g/mol. The molecule has 0 amide bonds. The third-order valence-electron chi connectivity index (χ3n) is 9.53. The van der Waals surface area contributed by atoms with Gasteiger partial charge < -0.3 is 26.7 Å². The van der Waals surface area contributed by atoms with E-state index in [0.29, 0.717) is 12.2 Å². The first-order chi connectivity index (χ1) is 26.5. The summed E-state index contributed by atoms with van der Waals surface area (Å²) < 4.78 is 6.14. The predicted octanol–water partition coefficient (Wildman–Crippen LogP) is 12.1. The largest absolute Gasteiger partial charge is 1.00 e. The lowest BCUT2D eigenvalue weighted by atomic mass is 10.0. The monoisotopic (exact) mass is 804 g/mol. The van der Waals surface area contributed by atoms with Crippen LogP contribution in [-0.2, 0) is 14.3 Å². The minimum Gasteiger partial charge on any atom is -1.00 e. The van der Waals surface area contributed by atoms with Crippen LogP contribution in [0.25, 0.3) is 6.08 Å². The summed E-state index contributed by atoms with van der Waals surface area (Å²) >= 11 is 0. The third-order valence-corrected chi connectivity index (χ3v) is 9.53. The van der Waals surface area contributed by atoms with Crippen LogP contribution >= 0.6 is 0 Å². The molecule has 1 rings (SSSR count). The van der Waals surface area contributed by atoms with E-state index in [0.717, 1.165) is 23.5 Å². The van der Waals surface area contributed by atoms with E-state index >= 15 is 0 Å². The average Bonchev–Trinajstić information content (AvgIpc) is 3.17. The van der Waals surface area contributed by atoms with Crippen molar-refractivity contribution < 1.29 is 36.3 Å². The summed E-state index contributed by atoms with van der Waals surface area (Å²) in [5.41, 5.74) is 1.66. The van der Waals surface area contributed by atoms with E-state index in [-0.39, 0.29) is 18.4 Å². The Kier molecular flexibility index (Phi) is 52.0. The van der Waals surface area contributed by atoms with Crippen molar-refractivity contribution in [3.8, 4) is 0 Å². The zero-order valence-corrected chi connectivity index (χ0v) is 38.2. The molecule has 5 nitrogen and oxygen atoms in total. The number of carbonyl (C=O) groups excluding carboxylic acids is 1. The van der Waals surface area contributed by atoms with Gasteiger partial charge in [0.2, 0.25) is 0 Å². The van der Waals surface area contributed by atoms with Crippen LogP contribution in [0.15, 0.2) is 74.4 Å². The van der Waals surface area contributed by atoms with Gasteiger partial charge in [-0.2, -0.15) is 0 Å². The van der Waals surface area contributed by atoms with Gasteiger partial charge in [-0.15, -0.1) is 0 Å². The Labute approximate surface area is 354 Å². The molecule has 6 heteroatoms. The number of likely N-dealkylation sites (N-methyl/N-ethyl adjacent to an activating group) is 1. The normalized spacial score (nSPS) is 10.2. The number of nitrogens with zero attached hydrogens (tertiary/aromatic N) is 1. The third kappa shape index (κ3) is 53.5. The molecule has 0 heterocycles. The summed E-state index contributed by atoms with van der Waals surface area (Å²) in [7, 11) is 4.62. The van der Waals surface area contributed by atoms with Crippen LogP contribution in [0.5, 0.6) is 0 Å². The second kappa shape index (κ2) is 48.5. The van der Waals surface area contributed by atoms with Crippen molar-refractivity contribution in [1.82, 2.24) is 0 Å². The Morgan fingerprint density at radius 2 is 0.964 bits per heavy atom. The minimum absolute atomic E-state index is 0. The van der Waals surface area contributed by atoms with Gasteiger partial charge in [-0.3, -0.25) is 0 Å². The van der Waals surface area contributed by atoms with Crippen LogP contribution in [0, 0.1) is 0 Å². The molecule has 0 aliphatic rings. The van der Waals surface area contributed by atoms with Gasteiger partial charge >= 0.3 is 11.9 Å². The van der Waals surface area contributed by atoms with Gasteiger partial charge in [-0.05, 0) is 37.8 Å². The van der Waals surface area contributed by atoms with Crippen molar-refractivity contribution >= 4 is 18.0 Å². The fourth-order valence-electron chi connectivity index (χ4n) is 6.00.